The topological polar surface area (TPSA) is 99.3 Å². The summed E-state index contributed by atoms with van der Waals surface area (Å²) < 4.78 is 0. The van der Waals surface area contributed by atoms with Crippen molar-refractivity contribution >= 4 is 23.5 Å². The number of aryl methyl sites for hydroxylation is 1. The van der Waals surface area contributed by atoms with Gasteiger partial charge in [0, 0.05) is 36.3 Å². The SMILES string of the molecule is CCNC(=O)c1ccc(C)c(NC(=O)CCNC(=O)NC23CC4CC(CC(C4)C2)C3)c1. The lowest BCUT2D eigenvalue weighted by Gasteiger charge is -2.56. The van der Waals surface area contributed by atoms with Crippen LogP contribution in [0.4, 0.5) is 10.5 Å². The maximum absolute atomic E-state index is 12.5. The van der Waals surface area contributed by atoms with Crippen LogP contribution in [-0.2, 0) is 4.79 Å². The molecule has 7 heteroatoms. The van der Waals surface area contributed by atoms with Gasteiger partial charge in [0.1, 0.15) is 0 Å². The Balaban J connectivity index is 1.24. The number of anilines is 1. The van der Waals surface area contributed by atoms with E-state index in [0.717, 1.165) is 42.6 Å². The Morgan fingerprint density at radius 3 is 2.26 bits per heavy atom. The first-order valence-electron chi connectivity index (χ1n) is 11.6. The summed E-state index contributed by atoms with van der Waals surface area (Å²) in [4.78, 5) is 36.9. The zero-order chi connectivity index (χ0) is 22.0. The van der Waals surface area contributed by atoms with Crippen LogP contribution in [0.5, 0.6) is 0 Å². The number of rotatable bonds is 7. The molecule has 4 fully saturated rings. The molecule has 4 N–H and O–H groups in total. The van der Waals surface area contributed by atoms with Gasteiger partial charge in [0.05, 0.1) is 0 Å². The number of carbonyl (C=O) groups excluding carboxylic acids is 3. The predicted octanol–water partition coefficient (Wildman–Crippen LogP) is 3.34. The molecular weight excluding hydrogens is 392 g/mol. The van der Waals surface area contributed by atoms with E-state index in [1.165, 1.54) is 19.3 Å². The van der Waals surface area contributed by atoms with Crippen LogP contribution in [0.1, 0.15) is 67.8 Å². The van der Waals surface area contributed by atoms with Crippen molar-refractivity contribution < 1.29 is 14.4 Å². The van der Waals surface area contributed by atoms with E-state index in [0.29, 0.717) is 17.8 Å². The molecular formula is C24H34N4O3. The molecule has 0 atom stereocenters. The molecule has 168 valence electrons. The van der Waals surface area contributed by atoms with E-state index < -0.39 is 0 Å². The molecule has 0 spiro atoms. The van der Waals surface area contributed by atoms with Gasteiger partial charge in [0.2, 0.25) is 5.91 Å². The third kappa shape index (κ3) is 5.02. The van der Waals surface area contributed by atoms with Crippen molar-refractivity contribution in [3.8, 4) is 0 Å². The normalized spacial score (nSPS) is 28.1. The molecule has 7 nitrogen and oxygen atoms in total. The van der Waals surface area contributed by atoms with Gasteiger partial charge in [-0.3, -0.25) is 9.59 Å². The first-order valence-corrected chi connectivity index (χ1v) is 11.6. The summed E-state index contributed by atoms with van der Waals surface area (Å²) in [5, 5.41) is 11.7. The largest absolute Gasteiger partial charge is 0.352 e. The molecule has 4 amide bonds. The molecule has 0 aliphatic heterocycles. The molecule has 0 radical (unpaired) electrons. The van der Waals surface area contributed by atoms with Crippen LogP contribution in [0.25, 0.3) is 0 Å². The van der Waals surface area contributed by atoms with Gasteiger partial charge in [0.15, 0.2) is 0 Å². The van der Waals surface area contributed by atoms with Gasteiger partial charge in [-0.15, -0.1) is 0 Å². The van der Waals surface area contributed by atoms with Gasteiger partial charge in [0.25, 0.3) is 5.91 Å². The number of nitrogens with one attached hydrogen (secondary N) is 4. The summed E-state index contributed by atoms with van der Waals surface area (Å²) in [6, 6.07) is 5.08. The second-order valence-electron chi connectivity index (χ2n) is 9.77. The minimum absolute atomic E-state index is 0.0301. The predicted molar refractivity (Wildman–Crippen MR) is 120 cm³/mol. The molecule has 0 heterocycles. The van der Waals surface area contributed by atoms with Crippen LogP contribution in [0, 0.1) is 24.7 Å². The third-order valence-corrected chi connectivity index (χ3v) is 7.17. The van der Waals surface area contributed by atoms with Crippen LogP contribution < -0.4 is 21.3 Å². The molecule has 4 aliphatic rings. The van der Waals surface area contributed by atoms with Gasteiger partial charge >= 0.3 is 6.03 Å². The Bertz CT molecular complexity index is 831. The lowest BCUT2D eigenvalue weighted by Crippen LogP contribution is -2.61. The Hall–Kier alpha value is -2.57. The molecule has 1 aromatic carbocycles. The maximum atomic E-state index is 12.5. The summed E-state index contributed by atoms with van der Waals surface area (Å²) in [7, 11) is 0. The van der Waals surface area contributed by atoms with Crippen molar-refractivity contribution in [3.05, 3.63) is 29.3 Å². The number of carbonyl (C=O) groups is 3. The summed E-state index contributed by atoms with van der Waals surface area (Å²) in [5.74, 6) is 1.97. The fourth-order valence-electron chi connectivity index (χ4n) is 6.21. The highest BCUT2D eigenvalue weighted by atomic mass is 16.2. The van der Waals surface area contributed by atoms with Gasteiger partial charge in [-0.25, -0.2) is 4.79 Å². The fourth-order valence-corrected chi connectivity index (χ4v) is 6.21. The molecule has 5 rings (SSSR count). The van der Waals surface area contributed by atoms with Gasteiger partial charge < -0.3 is 21.3 Å². The monoisotopic (exact) mass is 426 g/mol. The third-order valence-electron chi connectivity index (χ3n) is 7.17. The van der Waals surface area contributed by atoms with E-state index >= 15 is 0 Å². The number of hydrogen-bond donors (Lipinski definition) is 4. The van der Waals surface area contributed by atoms with Crippen LogP contribution in [0.3, 0.4) is 0 Å². The molecule has 4 saturated carbocycles. The van der Waals surface area contributed by atoms with Crippen LogP contribution in [-0.4, -0.2) is 36.5 Å². The Kier molecular flexibility index (Phi) is 6.21. The van der Waals surface area contributed by atoms with Crippen molar-refractivity contribution in [1.29, 1.82) is 0 Å². The molecule has 1 aromatic rings. The number of hydrogen-bond acceptors (Lipinski definition) is 3. The van der Waals surface area contributed by atoms with E-state index in [9.17, 15) is 14.4 Å². The summed E-state index contributed by atoms with van der Waals surface area (Å²) in [5.41, 5.74) is 1.98. The maximum Gasteiger partial charge on any atom is 0.315 e. The lowest BCUT2D eigenvalue weighted by atomic mass is 9.53. The van der Waals surface area contributed by atoms with Gasteiger partial charge in [-0.1, -0.05) is 6.07 Å². The smallest absolute Gasteiger partial charge is 0.315 e. The van der Waals surface area contributed by atoms with E-state index in [2.05, 4.69) is 21.3 Å². The summed E-state index contributed by atoms with van der Waals surface area (Å²) in [6.45, 7) is 4.57. The zero-order valence-corrected chi connectivity index (χ0v) is 18.6. The van der Waals surface area contributed by atoms with E-state index in [1.807, 2.05) is 19.9 Å². The Morgan fingerprint density at radius 2 is 1.65 bits per heavy atom. The van der Waals surface area contributed by atoms with E-state index in [-0.39, 0.29) is 36.3 Å². The standard InChI is InChI=1S/C24H34N4O3/c1-3-25-22(30)19-5-4-15(2)20(11-19)27-21(29)6-7-26-23(31)28-24-12-16-8-17(13-24)10-18(9-16)14-24/h4-5,11,16-18H,3,6-10,12-14H2,1-2H3,(H,25,30)(H,27,29)(H2,26,28,31). The minimum Gasteiger partial charge on any atom is -0.352 e. The number of amides is 4. The first kappa shape index (κ1) is 21.7. The highest BCUT2D eigenvalue weighted by molar-refractivity contribution is 5.97. The molecule has 0 saturated heterocycles. The first-order chi connectivity index (χ1) is 14.9. The number of benzene rings is 1. The van der Waals surface area contributed by atoms with Gasteiger partial charge in [-0.2, -0.15) is 0 Å². The number of urea groups is 1. The lowest BCUT2D eigenvalue weighted by molar-refractivity contribution is -0.116. The van der Waals surface area contributed by atoms with Crippen LogP contribution in [0.2, 0.25) is 0 Å². The Labute approximate surface area is 184 Å². The van der Waals surface area contributed by atoms with E-state index in [1.54, 1.807) is 12.1 Å². The van der Waals surface area contributed by atoms with E-state index in [4.69, 9.17) is 0 Å². The molecule has 4 bridgehead atoms. The van der Waals surface area contributed by atoms with Gasteiger partial charge in [-0.05, 0) is 87.8 Å². The fraction of sp³-hybridized carbons (Fsp3) is 0.625. The van der Waals surface area contributed by atoms with Crippen molar-refractivity contribution in [2.45, 2.75) is 64.3 Å². The van der Waals surface area contributed by atoms with Crippen molar-refractivity contribution in [2.24, 2.45) is 17.8 Å². The average Bonchev–Trinajstić information content (AvgIpc) is 2.68. The molecule has 0 aromatic heterocycles. The zero-order valence-electron chi connectivity index (χ0n) is 18.6. The Morgan fingerprint density at radius 1 is 1.00 bits per heavy atom. The molecule has 31 heavy (non-hydrogen) atoms. The molecule has 4 aliphatic carbocycles. The van der Waals surface area contributed by atoms with Crippen molar-refractivity contribution in [3.63, 3.8) is 0 Å². The highest BCUT2D eigenvalue weighted by Gasteiger charge is 2.51. The average molecular weight is 427 g/mol. The van der Waals surface area contributed by atoms with Crippen molar-refractivity contribution in [2.75, 3.05) is 18.4 Å². The quantitative estimate of drug-likeness (QED) is 0.538. The van der Waals surface area contributed by atoms with Crippen LogP contribution in [0.15, 0.2) is 18.2 Å². The molecule has 0 unspecified atom stereocenters. The second kappa shape index (κ2) is 8.89. The highest BCUT2D eigenvalue weighted by Crippen LogP contribution is 2.55. The minimum atomic E-state index is -0.189. The second-order valence-corrected chi connectivity index (χ2v) is 9.77. The van der Waals surface area contributed by atoms with Crippen molar-refractivity contribution in [1.82, 2.24) is 16.0 Å². The summed E-state index contributed by atoms with van der Waals surface area (Å²) >= 11 is 0. The summed E-state index contributed by atoms with van der Waals surface area (Å²) in [6.07, 6.45) is 7.51. The van der Waals surface area contributed by atoms with Crippen LogP contribution >= 0.6 is 0 Å².